The maximum Gasteiger partial charge on any atom is 0.000427 e. The van der Waals surface area contributed by atoms with Gasteiger partial charge in [0, 0.05) is 6.54 Å². The van der Waals surface area contributed by atoms with Crippen molar-refractivity contribution in [3.63, 3.8) is 0 Å². The summed E-state index contributed by atoms with van der Waals surface area (Å²) in [6, 6.07) is 0. The Morgan fingerprint density at radius 3 is 2.50 bits per heavy atom. The molecule has 2 heteroatoms. The molecule has 0 amide bonds. The van der Waals surface area contributed by atoms with Gasteiger partial charge < -0.3 is 10.2 Å². The lowest BCUT2D eigenvalue weighted by atomic mass is 9.93. The Labute approximate surface area is 102 Å². The van der Waals surface area contributed by atoms with Gasteiger partial charge in [-0.2, -0.15) is 0 Å². The van der Waals surface area contributed by atoms with Crippen LogP contribution in [0.15, 0.2) is 0 Å². The molecule has 16 heavy (non-hydrogen) atoms. The van der Waals surface area contributed by atoms with E-state index >= 15 is 0 Å². The van der Waals surface area contributed by atoms with Gasteiger partial charge >= 0.3 is 0 Å². The van der Waals surface area contributed by atoms with Crippen LogP contribution in [0.1, 0.15) is 46.5 Å². The van der Waals surface area contributed by atoms with Gasteiger partial charge in [-0.1, -0.05) is 20.8 Å². The molecule has 0 aromatic heterocycles. The van der Waals surface area contributed by atoms with Crippen molar-refractivity contribution in [2.45, 2.75) is 46.5 Å². The van der Waals surface area contributed by atoms with Crippen molar-refractivity contribution in [1.29, 1.82) is 0 Å². The predicted molar refractivity (Wildman–Crippen MR) is 71.8 cm³/mol. The van der Waals surface area contributed by atoms with Crippen molar-refractivity contribution in [2.24, 2.45) is 11.8 Å². The van der Waals surface area contributed by atoms with Crippen molar-refractivity contribution in [3.8, 4) is 0 Å². The van der Waals surface area contributed by atoms with E-state index in [0.717, 1.165) is 11.8 Å². The van der Waals surface area contributed by atoms with Gasteiger partial charge in [-0.05, 0) is 63.7 Å². The number of hydrogen-bond donors (Lipinski definition) is 1. The lowest BCUT2D eigenvalue weighted by Gasteiger charge is -2.25. The van der Waals surface area contributed by atoms with E-state index in [1.54, 1.807) is 0 Å². The molecule has 1 fully saturated rings. The van der Waals surface area contributed by atoms with Crippen molar-refractivity contribution in [2.75, 3.05) is 32.7 Å². The molecule has 1 N–H and O–H groups in total. The molecule has 0 atom stereocenters. The molecule has 1 heterocycles. The molecule has 0 aliphatic carbocycles. The fraction of sp³-hybridized carbons (Fsp3) is 1.00. The van der Waals surface area contributed by atoms with Gasteiger partial charge in [-0.3, -0.25) is 0 Å². The number of nitrogens with zero attached hydrogens (tertiary/aromatic N) is 1. The Bertz CT molecular complexity index is 162. The van der Waals surface area contributed by atoms with Crippen LogP contribution in [-0.2, 0) is 0 Å². The maximum absolute atomic E-state index is 3.44. The Morgan fingerprint density at radius 1 is 1.25 bits per heavy atom. The number of piperidine rings is 1. The van der Waals surface area contributed by atoms with Crippen LogP contribution in [0.25, 0.3) is 0 Å². The number of hydrogen-bond acceptors (Lipinski definition) is 2. The topological polar surface area (TPSA) is 15.3 Å². The third-order valence-electron chi connectivity index (χ3n) is 3.62. The second-order valence-corrected chi connectivity index (χ2v) is 5.62. The Balaban J connectivity index is 2.07. The zero-order valence-corrected chi connectivity index (χ0v) is 11.5. The fourth-order valence-corrected chi connectivity index (χ4v) is 2.67. The molecule has 2 nitrogen and oxygen atoms in total. The summed E-state index contributed by atoms with van der Waals surface area (Å²) >= 11 is 0. The van der Waals surface area contributed by atoms with Crippen LogP contribution < -0.4 is 5.32 Å². The van der Waals surface area contributed by atoms with E-state index in [1.807, 2.05) is 0 Å². The van der Waals surface area contributed by atoms with Gasteiger partial charge in [0.1, 0.15) is 0 Å². The van der Waals surface area contributed by atoms with E-state index in [4.69, 9.17) is 0 Å². The lowest BCUT2D eigenvalue weighted by molar-refractivity contribution is 0.238. The quantitative estimate of drug-likeness (QED) is 0.718. The van der Waals surface area contributed by atoms with Crippen molar-refractivity contribution in [1.82, 2.24) is 10.2 Å². The monoisotopic (exact) mass is 226 g/mol. The van der Waals surface area contributed by atoms with E-state index in [9.17, 15) is 0 Å². The van der Waals surface area contributed by atoms with E-state index in [2.05, 4.69) is 31.0 Å². The summed E-state index contributed by atoms with van der Waals surface area (Å²) in [5.74, 6) is 1.80. The second-order valence-electron chi connectivity index (χ2n) is 5.62. The summed E-state index contributed by atoms with van der Waals surface area (Å²) in [7, 11) is 0. The normalized spacial score (nSPS) is 18.6. The van der Waals surface area contributed by atoms with E-state index < -0.39 is 0 Å². The first kappa shape index (κ1) is 14.0. The maximum atomic E-state index is 3.44. The SMILES string of the molecule is CCN(CCCC1CCNCC1)CC(C)C. The van der Waals surface area contributed by atoms with Crippen LogP contribution in [0, 0.1) is 11.8 Å². The molecular weight excluding hydrogens is 196 g/mol. The summed E-state index contributed by atoms with van der Waals surface area (Å²) in [4.78, 5) is 2.60. The minimum atomic E-state index is 0.804. The molecular formula is C14H30N2. The molecule has 1 saturated heterocycles. The molecule has 96 valence electrons. The van der Waals surface area contributed by atoms with E-state index in [0.29, 0.717) is 0 Å². The molecule has 0 saturated carbocycles. The summed E-state index contributed by atoms with van der Waals surface area (Å²) in [6.45, 7) is 13.2. The zero-order chi connectivity index (χ0) is 11.8. The third-order valence-corrected chi connectivity index (χ3v) is 3.62. The summed E-state index contributed by atoms with van der Waals surface area (Å²) in [5.41, 5.74) is 0. The van der Waals surface area contributed by atoms with Crippen molar-refractivity contribution < 1.29 is 0 Å². The molecule has 0 aromatic rings. The summed E-state index contributed by atoms with van der Waals surface area (Å²) in [6.07, 6.45) is 5.63. The smallest absolute Gasteiger partial charge is 0.000427 e. The predicted octanol–water partition coefficient (Wildman–Crippen LogP) is 2.74. The minimum absolute atomic E-state index is 0.804. The Hall–Kier alpha value is -0.0800. The van der Waals surface area contributed by atoms with Crippen LogP contribution in [0.5, 0.6) is 0 Å². The first-order valence-corrected chi connectivity index (χ1v) is 7.15. The lowest BCUT2D eigenvalue weighted by Crippen LogP contribution is -2.30. The highest BCUT2D eigenvalue weighted by Crippen LogP contribution is 2.17. The van der Waals surface area contributed by atoms with Crippen LogP contribution in [0.4, 0.5) is 0 Å². The first-order valence-electron chi connectivity index (χ1n) is 7.15. The van der Waals surface area contributed by atoms with Crippen LogP contribution in [0.2, 0.25) is 0 Å². The van der Waals surface area contributed by atoms with Crippen LogP contribution in [0.3, 0.4) is 0 Å². The zero-order valence-electron chi connectivity index (χ0n) is 11.5. The third kappa shape index (κ3) is 5.86. The average molecular weight is 226 g/mol. The van der Waals surface area contributed by atoms with Gasteiger partial charge in [-0.15, -0.1) is 0 Å². The molecule has 0 spiro atoms. The molecule has 0 aromatic carbocycles. The Kier molecular flexibility index (Phi) is 7.06. The molecule has 0 bridgehead atoms. The highest BCUT2D eigenvalue weighted by molar-refractivity contribution is 4.69. The Morgan fingerprint density at radius 2 is 1.94 bits per heavy atom. The van der Waals surface area contributed by atoms with Crippen molar-refractivity contribution >= 4 is 0 Å². The highest BCUT2D eigenvalue weighted by Gasteiger charge is 2.13. The van der Waals surface area contributed by atoms with Gasteiger partial charge in [0.25, 0.3) is 0 Å². The molecule has 1 aliphatic heterocycles. The minimum Gasteiger partial charge on any atom is -0.317 e. The molecule has 1 aliphatic rings. The number of nitrogens with one attached hydrogen (secondary N) is 1. The number of rotatable bonds is 7. The van der Waals surface area contributed by atoms with Crippen LogP contribution in [-0.4, -0.2) is 37.6 Å². The van der Waals surface area contributed by atoms with Gasteiger partial charge in [0.15, 0.2) is 0 Å². The second kappa shape index (κ2) is 8.08. The molecule has 1 rings (SSSR count). The fourth-order valence-electron chi connectivity index (χ4n) is 2.67. The van der Waals surface area contributed by atoms with Gasteiger partial charge in [-0.25, -0.2) is 0 Å². The van der Waals surface area contributed by atoms with E-state index in [-0.39, 0.29) is 0 Å². The standard InChI is InChI=1S/C14H30N2/c1-4-16(12-13(2)3)11-5-6-14-7-9-15-10-8-14/h13-15H,4-12H2,1-3H3. The highest BCUT2D eigenvalue weighted by atomic mass is 15.1. The molecule has 0 radical (unpaired) electrons. The van der Waals surface area contributed by atoms with Gasteiger partial charge in [0.2, 0.25) is 0 Å². The average Bonchev–Trinajstić information content (AvgIpc) is 2.28. The van der Waals surface area contributed by atoms with Crippen molar-refractivity contribution in [3.05, 3.63) is 0 Å². The van der Waals surface area contributed by atoms with E-state index in [1.165, 1.54) is 58.4 Å². The molecule has 0 unspecified atom stereocenters. The first-order chi connectivity index (χ1) is 7.72. The summed E-state index contributed by atoms with van der Waals surface area (Å²) < 4.78 is 0. The van der Waals surface area contributed by atoms with Crippen LogP contribution >= 0.6 is 0 Å². The largest absolute Gasteiger partial charge is 0.317 e. The summed E-state index contributed by atoms with van der Waals surface area (Å²) in [5, 5.41) is 3.44. The van der Waals surface area contributed by atoms with Gasteiger partial charge in [0.05, 0.1) is 0 Å².